The fourth-order valence-corrected chi connectivity index (χ4v) is 2.89. The minimum Gasteiger partial charge on any atom is -0.390 e. The van der Waals surface area contributed by atoms with Gasteiger partial charge in [-0.05, 0) is 18.1 Å². The van der Waals surface area contributed by atoms with Gasteiger partial charge in [0.25, 0.3) is 0 Å². The molecule has 2 rings (SSSR count). The van der Waals surface area contributed by atoms with Crippen LogP contribution in [0.1, 0.15) is 24.6 Å². The maximum Gasteiger partial charge on any atom is 0.168 e. The number of hydrogen-bond acceptors (Lipinski definition) is 3. The highest BCUT2D eigenvalue weighted by Gasteiger charge is 2.11. The first-order valence-electron chi connectivity index (χ1n) is 6.37. The van der Waals surface area contributed by atoms with Crippen molar-refractivity contribution in [3.63, 3.8) is 0 Å². The van der Waals surface area contributed by atoms with Crippen LogP contribution in [-0.2, 0) is 18.9 Å². The Morgan fingerprint density at radius 2 is 2.15 bits per heavy atom. The van der Waals surface area contributed by atoms with Crippen LogP contribution < -0.4 is 0 Å². The molecule has 0 radical (unpaired) electrons. The molecular weight excluding hydrogens is 282 g/mol. The molecule has 0 aliphatic heterocycles. The van der Waals surface area contributed by atoms with Gasteiger partial charge in [0.1, 0.15) is 11.6 Å². The maximum atomic E-state index is 13.6. The van der Waals surface area contributed by atoms with Crippen LogP contribution in [0, 0.1) is 11.6 Å². The maximum absolute atomic E-state index is 13.6. The van der Waals surface area contributed by atoms with Gasteiger partial charge in [0.15, 0.2) is 5.16 Å². The van der Waals surface area contributed by atoms with Crippen LogP contribution in [0.2, 0.25) is 0 Å². The number of rotatable bonds is 6. The van der Waals surface area contributed by atoms with E-state index in [0.717, 1.165) is 29.9 Å². The van der Waals surface area contributed by atoms with E-state index in [1.54, 1.807) is 6.20 Å². The number of aliphatic hydroxyl groups is 1. The lowest BCUT2D eigenvalue weighted by atomic mass is 10.2. The first-order valence-corrected chi connectivity index (χ1v) is 7.36. The molecule has 0 atom stereocenters. The lowest BCUT2D eigenvalue weighted by Gasteiger charge is -2.09. The number of aromatic nitrogens is 2. The van der Waals surface area contributed by atoms with Gasteiger partial charge >= 0.3 is 0 Å². The van der Waals surface area contributed by atoms with Gasteiger partial charge in [-0.1, -0.05) is 24.8 Å². The molecule has 1 aromatic carbocycles. The monoisotopic (exact) mass is 298 g/mol. The molecule has 3 nitrogen and oxygen atoms in total. The lowest BCUT2D eigenvalue weighted by Crippen LogP contribution is -2.04. The Labute approximate surface area is 120 Å². The summed E-state index contributed by atoms with van der Waals surface area (Å²) in [5.74, 6) is -0.752. The van der Waals surface area contributed by atoms with Crippen molar-refractivity contribution in [1.82, 2.24) is 9.55 Å². The normalized spacial score (nSPS) is 11.0. The predicted molar refractivity (Wildman–Crippen MR) is 74.4 cm³/mol. The first kappa shape index (κ1) is 15.0. The van der Waals surface area contributed by atoms with Gasteiger partial charge in [-0.15, -0.1) is 0 Å². The molecule has 0 fully saturated rings. The second-order valence-electron chi connectivity index (χ2n) is 4.37. The van der Waals surface area contributed by atoms with Crippen molar-refractivity contribution in [3.8, 4) is 0 Å². The smallest absolute Gasteiger partial charge is 0.168 e. The Bertz CT molecular complexity index is 587. The van der Waals surface area contributed by atoms with Crippen LogP contribution in [0.3, 0.4) is 0 Å². The summed E-state index contributed by atoms with van der Waals surface area (Å²) in [4.78, 5) is 4.24. The molecule has 0 saturated carbocycles. The van der Waals surface area contributed by atoms with Crippen molar-refractivity contribution in [1.29, 1.82) is 0 Å². The van der Waals surface area contributed by atoms with E-state index in [1.807, 2.05) is 11.5 Å². The van der Waals surface area contributed by atoms with E-state index in [2.05, 4.69) is 4.98 Å². The summed E-state index contributed by atoms with van der Waals surface area (Å²) in [6, 6.07) is 3.57. The molecular formula is C14H16F2N2OS. The van der Waals surface area contributed by atoms with E-state index in [-0.39, 0.29) is 6.61 Å². The summed E-state index contributed by atoms with van der Waals surface area (Å²) in [7, 11) is 0. The Kier molecular flexibility index (Phi) is 5.14. The summed E-state index contributed by atoms with van der Waals surface area (Å²) in [5.41, 5.74) is 1.18. The Balaban J connectivity index is 2.12. The zero-order valence-corrected chi connectivity index (χ0v) is 12.0. The van der Waals surface area contributed by atoms with Gasteiger partial charge in [-0.2, -0.15) is 0 Å². The molecule has 0 amide bonds. The number of benzene rings is 1. The Morgan fingerprint density at radius 3 is 2.80 bits per heavy atom. The number of aliphatic hydroxyl groups excluding tert-OH is 1. The zero-order chi connectivity index (χ0) is 14.5. The second-order valence-corrected chi connectivity index (χ2v) is 5.31. The van der Waals surface area contributed by atoms with E-state index >= 15 is 0 Å². The van der Waals surface area contributed by atoms with Crippen LogP contribution in [0.25, 0.3) is 0 Å². The molecule has 0 spiro atoms. The van der Waals surface area contributed by atoms with Crippen molar-refractivity contribution in [2.45, 2.75) is 37.4 Å². The average Bonchev–Trinajstić information content (AvgIpc) is 2.81. The first-order chi connectivity index (χ1) is 9.65. The van der Waals surface area contributed by atoms with Crippen LogP contribution in [0.4, 0.5) is 8.78 Å². The highest BCUT2D eigenvalue weighted by atomic mass is 32.2. The molecule has 2 aromatic rings. The van der Waals surface area contributed by atoms with Crippen molar-refractivity contribution in [2.75, 3.05) is 0 Å². The average molecular weight is 298 g/mol. The van der Waals surface area contributed by atoms with Crippen LogP contribution in [0.5, 0.6) is 0 Å². The van der Waals surface area contributed by atoms with Crippen LogP contribution in [0.15, 0.2) is 29.6 Å². The standard InChI is InChI=1S/C14H16F2N2OS/c1-2-5-18-12(8-19)7-17-14(18)20-9-10-3-4-11(15)6-13(10)16/h3-4,6-7,19H,2,5,8-9H2,1H3. The molecule has 1 aromatic heterocycles. The van der Waals surface area contributed by atoms with Gasteiger partial charge in [0, 0.05) is 18.4 Å². The van der Waals surface area contributed by atoms with Crippen LogP contribution >= 0.6 is 11.8 Å². The number of halogens is 2. The van der Waals surface area contributed by atoms with Crippen molar-refractivity contribution in [2.24, 2.45) is 0 Å². The quantitative estimate of drug-likeness (QED) is 0.831. The summed E-state index contributed by atoms with van der Waals surface area (Å²) < 4.78 is 28.3. The number of imidazole rings is 1. The van der Waals surface area contributed by atoms with E-state index in [0.29, 0.717) is 11.3 Å². The van der Waals surface area contributed by atoms with Gasteiger partial charge in [0.05, 0.1) is 18.5 Å². The number of hydrogen-bond donors (Lipinski definition) is 1. The Morgan fingerprint density at radius 1 is 1.35 bits per heavy atom. The molecule has 6 heteroatoms. The highest BCUT2D eigenvalue weighted by molar-refractivity contribution is 7.98. The van der Waals surface area contributed by atoms with E-state index in [4.69, 9.17) is 0 Å². The molecule has 20 heavy (non-hydrogen) atoms. The van der Waals surface area contributed by atoms with Gasteiger partial charge < -0.3 is 9.67 Å². The lowest BCUT2D eigenvalue weighted by molar-refractivity contribution is 0.269. The number of thioether (sulfide) groups is 1. The topological polar surface area (TPSA) is 38.0 Å². The van der Waals surface area contributed by atoms with Gasteiger partial charge in [-0.3, -0.25) is 0 Å². The zero-order valence-electron chi connectivity index (χ0n) is 11.1. The molecule has 108 valence electrons. The fourth-order valence-electron chi connectivity index (χ4n) is 1.88. The molecule has 0 aliphatic carbocycles. The summed E-state index contributed by atoms with van der Waals surface area (Å²) >= 11 is 1.37. The van der Waals surface area contributed by atoms with E-state index in [1.165, 1.54) is 23.9 Å². The fraction of sp³-hybridized carbons (Fsp3) is 0.357. The molecule has 1 N–H and O–H groups in total. The summed E-state index contributed by atoms with van der Waals surface area (Å²) in [5, 5.41) is 9.98. The molecule has 0 bridgehead atoms. The van der Waals surface area contributed by atoms with Crippen molar-refractivity contribution < 1.29 is 13.9 Å². The number of nitrogens with zero attached hydrogens (tertiary/aromatic N) is 2. The van der Waals surface area contributed by atoms with Crippen LogP contribution in [-0.4, -0.2) is 14.7 Å². The highest BCUT2D eigenvalue weighted by Crippen LogP contribution is 2.25. The predicted octanol–water partition coefficient (Wildman–Crippen LogP) is 3.36. The summed E-state index contributed by atoms with van der Waals surface area (Å²) in [6.45, 7) is 2.72. The third-order valence-corrected chi connectivity index (χ3v) is 3.92. The SMILES string of the molecule is CCCn1c(CO)cnc1SCc1ccc(F)cc1F. The molecule has 0 unspecified atom stereocenters. The third-order valence-electron chi connectivity index (χ3n) is 2.88. The summed E-state index contributed by atoms with van der Waals surface area (Å²) in [6.07, 6.45) is 2.54. The van der Waals surface area contributed by atoms with Crippen molar-refractivity contribution >= 4 is 11.8 Å². The molecule has 0 aliphatic rings. The third kappa shape index (κ3) is 3.37. The van der Waals surface area contributed by atoms with E-state index < -0.39 is 11.6 Å². The van der Waals surface area contributed by atoms with Crippen molar-refractivity contribution in [3.05, 3.63) is 47.3 Å². The molecule has 1 heterocycles. The van der Waals surface area contributed by atoms with Gasteiger partial charge in [-0.25, -0.2) is 13.8 Å². The van der Waals surface area contributed by atoms with Gasteiger partial charge in [0.2, 0.25) is 0 Å². The Hall–Kier alpha value is -1.40. The second kappa shape index (κ2) is 6.85. The molecule has 0 saturated heterocycles. The largest absolute Gasteiger partial charge is 0.390 e. The minimum atomic E-state index is -0.578. The van der Waals surface area contributed by atoms with E-state index in [9.17, 15) is 13.9 Å². The minimum absolute atomic E-state index is 0.0710.